The molecule has 4 heteroatoms. The highest BCUT2D eigenvalue weighted by molar-refractivity contribution is 9.09. The Morgan fingerprint density at radius 2 is 2.06 bits per heavy atom. The maximum Gasteiger partial charge on any atom is 0.251 e. The van der Waals surface area contributed by atoms with Crippen LogP contribution in [0.2, 0.25) is 0 Å². The first-order valence-corrected chi connectivity index (χ1v) is 6.34. The molecule has 16 heavy (non-hydrogen) atoms. The standard InChI is InChI=1S/C12H16BrNO2/c1-3-10(8-13)14-12(15)9-4-6-11(16-2)7-5-9/h4-7,10H,3,8H2,1-2H3,(H,14,15). The van der Waals surface area contributed by atoms with Crippen molar-refractivity contribution in [1.82, 2.24) is 5.32 Å². The molecule has 1 aromatic carbocycles. The third-order valence-corrected chi connectivity index (χ3v) is 3.15. The monoisotopic (exact) mass is 285 g/mol. The molecule has 0 spiro atoms. The van der Waals surface area contributed by atoms with E-state index in [4.69, 9.17) is 4.74 Å². The Morgan fingerprint density at radius 1 is 1.44 bits per heavy atom. The van der Waals surface area contributed by atoms with Gasteiger partial charge in [-0.25, -0.2) is 0 Å². The zero-order valence-electron chi connectivity index (χ0n) is 9.50. The molecule has 3 nitrogen and oxygen atoms in total. The fourth-order valence-electron chi connectivity index (χ4n) is 1.26. The average Bonchev–Trinajstić information content (AvgIpc) is 2.35. The van der Waals surface area contributed by atoms with Crippen LogP contribution in [0.5, 0.6) is 5.75 Å². The molecule has 0 bridgehead atoms. The first-order chi connectivity index (χ1) is 7.71. The first-order valence-electron chi connectivity index (χ1n) is 5.22. The van der Waals surface area contributed by atoms with E-state index in [9.17, 15) is 4.79 Å². The van der Waals surface area contributed by atoms with E-state index < -0.39 is 0 Å². The maximum atomic E-state index is 11.8. The molecule has 1 N–H and O–H groups in total. The van der Waals surface area contributed by atoms with Gasteiger partial charge in [-0.1, -0.05) is 22.9 Å². The highest BCUT2D eigenvalue weighted by atomic mass is 79.9. The van der Waals surface area contributed by atoms with Crippen molar-refractivity contribution >= 4 is 21.8 Å². The SMILES string of the molecule is CCC(CBr)NC(=O)c1ccc(OC)cc1. The van der Waals surface area contributed by atoms with Gasteiger partial charge in [0.05, 0.1) is 7.11 Å². The van der Waals surface area contributed by atoms with Crippen LogP contribution >= 0.6 is 15.9 Å². The van der Waals surface area contributed by atoms with Gasteiger partial charge >= 0.3 is 0 Å². The Hall–Kier alpha value is -1.03. The molecule has 0 radical (unpaired) electrons. The van der Waals surface area contributed by atoms with Gasteiger partial charge in [-0.05, 0) is 30.7 Å². The minimum atomic E-state index is -0.0473. The summed E-state index contributed by atoms with van der Waals surface area (Å²) in [7, 11) is 1.60. The minimum absolute atomic E-state index is 0.0473. The molecule has 0 saturated carbocycles. The van der Waals surface area contributed by atoms with Crippen molar-refractivity contribution in [1.29, 1.82) is 0 Å². The van der Waals surface area contributed by atoms with E-state index in [2.05, 4.69) is 21.2 Å². The van der Waals surface area contributed by atoms with E-state index in [1.165, 1.54) is 0 Å². The van der Waals surface area contributed by atoms with E-state index in [0.717, 1.165) is 17.5 Å². The minimum Gasteiger partial charge on any atom is -0.497 e. The Labute approximate surface area is 104 Å². The van der Waals surface area contributed by atoms with E-state index in [-0.39, 0.29) is 11.9 Å². The number of hydrogen-bond acceptors (Lipinski definition) is 2. The second-order valence-corrected chi connectivity index (χ2v) is 4.11. The molecule has 0 heterocycles. The summed E-state index contributed by atoms with van der Waals surface area (Å²) >= 11 is 3.37. The molecule has 1 amide bonds. The lowest BCUT2D eigenvalue weighted by atomic mass is 10.2. The fourth-order valence-corrected chi connectivity index (χ4v) is 1.88. The summed E-state index contributed by atoms with van der Waals surface area (Å²) in [4.78, 5) is 11.8. The second-order valence-electron chi connectivity index (χ2n) is 3.46. The summed E-state index contributed by atoms with van der Waals surface area (Å²) in [6.45, 7) is 2.04. The van der Waals surface area contributed by atoms with Gasteiger partial charge in [0.2, 0.25) is 0 Å². The van der Waals surface area contributed by atoms with E-state index in [0.29, 0.717) is 5.56 Å². The van der Waals surface area contributed by atoms with Crippen molar-refractivity contribution < 1.29 is 9.53 Å². The number of methoxy groups -OCH3 is 1. The molecule has 1 rings (SSSR count). The summed E-state index contributed by atoms with van der Waals surface area (Å²) in [5.41, 5.74) is 0.653. The molecule has 0 aliphatic heterocycles. The first kappa shape index (κ1) is 13.0. The number of ether oxygens (including phenoxy) is 1. The number of rotatable bonds is 5. The quantitative estimate of drug-likeness (QED) is 0.845. The number of nitrogens with one attached hydrogen (secondary N) is 1. The van der Waals surface area contributed by atoms with Crippen LogP contribution in [0.15, 0.2) is 24.3 Å². The van der Waals surface area contributed by atoms with Crippen molar-refractivity contribution in [3.63, 3.8) is 0 Å². The van der Waals surface area contributed by atoms with Gasteiger partial charge < -0.3 is 10.1 Å². The van der Waals surface area contributed by atoms with Crippen molar-refractivity contribution in [2.24, 2.45) is 0 Å². The normalized spacial score (nSPS) is 11.9. The highest BCUT2D eigenvalue weighted by Crippen LogP contribution is 2.11. The molecule has 1 unspecified atom stereocenters. The van der Waals surface area contributed by atoms with E-state index in [1.54, 1.807) is 31.4 Å². The number of carbonyl (C=O) groups is 1. The Morgan fingerprint density at radius 3 is 2.50 bits per heavy atom. The van der Waals surface area contributed by atoms with Crippen LogP contribution in [0, 0.1) is 0 Å². The predicted octanol–water partition coefficient (Wildman–Crippen LogP) is 2.60. The van der Waals surface area contributed by atoms with Gasteiger partial charge in [-0.3, -0.25) is 4.79 Å². The number of carbonyl (C=O) groups excluding carboxylic acids is 1. The summed E-state index contributed by atoms with van der Waals surface area (Å²) < 4.78 is 5.03. The third-order valence-electron chi connectivity index (χ3n) is 2.37. The molecule has 0 aromatic heterocycles. The van der Waals surface area contributed by atoms with Crippen LogP contribution in [-0.2, 0) is 0 Å². The fraction of sp³-hybridized carbons (Fsp3) is 0.417. The van der Waals surface area contributed by atoms with Crippen molar-refractivity contribution in [3.8, 4) is 5.75 Å². The van der Waals surface area contributed by atoms with Crippen molar-refractivity contribution in [2.45, 2.75) is 19.4 Å². The molecule has 0 aliphatic carbocycles. The Balaban J connectivity index is 2.65. The Bertz CT molecular complexity index is 333. The lowest BCUT2D eigenvalue weighted by Gasteiger charge is -2.13. The molecule has 1 atom stereocenters. The number of hydrogen-bond donors (Lipinski definition) is 1. The molecule has 0 fully saturated rings. The van der Waals surface area contributed by atoms with Crippen LogP contribution in [0.3, 0.4) is 0 Å². The highest BCUT2D eigenvalue weighted by Gasteiger charge is 2.10. The topological polar surface area (TPSA) is 38.3 Å². The Kier molecular flexibility index (Phi) is 5.32. The van der Waals surface area contributed by atoms with Gasteiger partial charge in [0, 0.05) is 16.9 Å². The van der Waals surface area contributed by atoms with Crippen LogP contribution in [-0.4, -0.2) is 24.4 Å². The maximum absolute atomic E-state index is 11.8. The number of benzene rings is 1. The zero-order chi connectivity index (χ0) is 12.0. The molecule has 1 aromatic rings. The van der Waals surface area contributed by atoms with Crippen LogP contribution in [0.25, 0.3) is 0 Å². The van der Waals surface area contributed by atoms with Crippen LogP contribution < -0.4 is 10.1 Å². The lowest BCUT2D eigenvalue weighted by molar-refractivity contribution is 0.0940. The van der Waals surface area contributed by atoms with E-state index >= 15 is 0 Å². The molecular formula is C12H16BrNO2. The summed E-state index contributed by atoms with van der Waals surface area (Å²) in [5.74, 6) is 0.707. The van der Waals surface area contributed by atoms with Gasteiger partial charge in [0.15, 0.2) is 0 Å². The number of alkyl halides is 1. The number of halogens is 1. The third kappa shape index (κ3) is 3.52. The predicted molar refractivity (Wildman–Crippen MR) is 68.3 cm³/mol. The second kappa shape index (κ2) is 6.53. The van der Waals surface area contributed by atoms with Crippen LogP contribution in [0.1, 0.15) is 23.7 Å². The van der Waals surface area contributed by atoms with Gasteiger partial charge in [0.1, 0.15) is 5.75 Å². The summed E-state index contributed by atoms with van der Waals surface area (Å²) in [6, 6.07) is 7.26. The molecule has 88 valence electrons. The summed E-state index contributed by atoms with van der Waals surface area (Å²) in [6.07, 6.45) is 0.910. The van der Waals surface area contributed by atoms with Crippen molar-refractivity contribution in [2.75, 3.05) is 12.4 Å². The van der Waals surface area contributed by atoms with Crippen molar-refractivity contribution in [3.05, 3.63) is 29.8 Å². The zero-order valence-corrected chi connectivity index (χ0v) is 11.1. The van der Waals surface area contributed by atoms with E-state index in [1.807, 2.05) is 6.92 Å². The number of amides is 1. The molecule has 0 saturated heterocycles. The van der Waals surface area contributed by atoms with Gasteiger partial charge in [-0.2, -0.15) is 0 Å². The van der Waals surface area contributed by atoms with Gasteiger partial charge in [-0.15, -0.1) is 0 Å². The summed E-state index contributed by atoms with van der Waals surface area (Å²) in [5, 5.41) is 3.71. The van der Waals surface area contributed by atoms with Gasteiger partial charge in [0.25, 0.3) is 5.91 Å². The largest absolute Gasteiger partial charge is 0.497 e. The van der Waals surface area contributed by atoms with Crippen LogP contribution in [0.4, 0.5) is 0 Å². The lowest BCUT2D eigenvalue weighted by Crippen LogP contribution is -2.35. The molecule has 0 aliphatic rings. The molecular weight excluding hydrogens is 270 g/mol. The average molecular weight is 286 g/mol. The smallest absolute Gasteiger partial charge is 0.251 e.